The lowest BCUT2D eigenvalue weighted by atomic mass is 10.1. The maximum absolute atomic E-state index is 12.9. The van der Waals surface area contributed by atoms with Crippen LogP contribution in [0.3, 0.4) is 0 Å². The van der Waals surface area contributed by atoms with E-state index in [9.17, 15) is 28.9 Å². The minimum atomic E-state index is -4.79. The molecule has 0 amide bonds. The highest BCUT2D eigenvalue weighted by molar-refractivity contribution is 7.47. The number of carbonyl (C=O) groups excluding carboxylic acids is 3. The van der Waals surface area contributed by atoms with Gasteiger partial charge < -0.3 is 24.2 Å². The second-order valence-corrected chi connectivity index (χ2v) is 19.1. The van der Waals surface area contributed by atoms with E-state index in [2.05, 4.69) is 142 Å². The molecule has 0 bridgehead atoms. The molecule has 0 rings (SSSR count). The van der Waals surface area contributed by atoms with Crippen LogP contribution in [0.1, 0.15) is 188 Å². The second kappa shape index (κ2) is 54.6. The molecule has 0 saturated carbocycles. The molecule has 12 heteroatoms. The Labute approximate surface area is 448 Å². The van der Waals surface area contributed by atoms with Crippen LogP contribution >= 0.6 is 7.82 Å². The molecular weight excluding hydrogens is 952 g/mol. The highest BCUT2D eigenvalue weighted by atomic mass is 31.2. The molecule has 0 aliphatic heterocycles. The van der Waals surface area contributed by atoms with E-state index in [1.807, 2.05) is 18.2 Å². The van der Waals surface area contributed by atoms with Crippen molar-refractivity contribution in [3.8, 4) is 0 Å². The molecule has 0 spiro atoms. The van der Waals surface area contributed by atoms with E-state index in [0.29, 0.717) is 19.3 Å². The highest BCUT2D eigenvalue weighted by Gasteiger charge is 2.28. The number of aliphatic hydroxyl groups is 1. The average molecular weight is 1050 g/mol. The Morgan fingerprint density at radius 1 is 0.392 bits per heavy atom. The van der Waals surface area contributed by atoms with Gasteiger partial charge in [-0.2, -0.15) is 0 Å². The molecule has 0 aromatic carbocycles. The molecule has 11 nitrogen and oxygen atoms in total. The Kier molecular flexibility index (Phi) is 51.2. The molecule has 0 heterocycles. The van der Waals surface area contributed by atoms with Gasteiger partial charge in [-0.15, -0.1) is 0 Å². The number of hydrogen-bond donors (Lipinski definition) is 2. The van der Waals surface area contributed by atoms with E-state index < -0.39 is 64.4 Å². The van der Waals surface area contributed by atoms with Gasteiger partial charge in [0.25, 0.3) is 0 Å². The van der Waals surface area contributed by atoms with E-state index >= 15 is 0 Å². The lowest BCUT2D eigenvalue weighted by Gasteiger charge is -2.21. The normalized spacial score (nSPS) is 14.5. The van der Waals surface area contributed by atoms with Crippen LogP contribution in [-0.4, -0.2) is 66.5 Å². The van der Waals surface area contributed by atoms with E-state index in [4.69, 9.17) is 23.3 Å². The molecule has 3 atom stereocenters. The van der Waals surface area contributed by atoms with Crippen molar-refractivity contribution in [2.75, 3.05) is 26.4 Å². The van der Waals surface area contributed by atoms with Crippen LogP contribution in [0.2, 0.25) is 0 Å². The molecule has 416 valence electrons. The Morgan fingerprint density at radius 2 is 0.716 bits per heavy atom. The lowest BCUT2D eigenvalue weighted by Crippen LogP contribution is -2.30. The van der Waals surface area contributed by atoms with Gasteiger partial charge in [0, 0.05) is 12.8 Å². The van der Waals surface area contributed by atoms with Gasteiger partial charge in [0.05, 0.1) is 26.2 Å². The summed E-state index contributed by atoms with van der Waals surface area (Å²) < 4.78 is 39.3. The average Bonchev–Trinajstić information content (AvgIpc) is 3.39. The number of phosphoric acid groups is 1. The molecule has 0 saturated heterocycles. The second-order valence-electron chi connectivity index (χ2n) is 17.6. The summed E-state index contributed by atoms with van der Waals surface area (Å²) in [5.74, 6) is -1.68. The molecule has 0 aliphatic rings. The fraction of sp³-hybridized carbons (Fsp3) is 0.565. The first-order valence-corrected chi connectivity index (χ1v) is 29.2. The maximum Gasteiger partial charge on any atom is 0.472 e. The van der Waals surface area contributed by atoms with E-state index in [0.717, 1.165) is 128 Å². The summed E-state index contributed by atoms with van der Waals surface area (Å²) >= 11 is 0. The van der Waals surface area contributed by atoms with Crippen molar-refractivity contribution >= 4 is 25.7 Å². The van der Waals surface area contributed by atoms with Crippen molar-refractivity contribution in [3.63, 3.8) is 0 Å². The fourth-order valence-corrected chi connectivity index (χ4v) is 7.45. The minimum Gasteiger partial charge on any atom is -0.462 e. The third kappa shape index (κ3) is 52.2. The molecular formula is C62H97O11P. The van der Waals surface area contributed by atoms with Crippen molar-refractivity contribution in [3.05, 3.63) is 146 Å². The summed E-state index contributed by atoms with van der Waals surface area (Å²) in [5, 5.41) is 9.80. The fourth-order valence-electron chi connectivity index (χ4n) is 6.67. The number of phosphoric ester groups is 1. The number of ether oxygens (including phenoxy) is 3. The molecule has 0 radical (unpaired) electrons. The van der Waals surface area contributed by atoms with Gasteiger partial charge in [-0.3, -0.25) is 23.4 Å². The molecule has 0 aromatic heterocycles. The predicted octanol–water partition coefficient (Wildman–Crippen LogP) is 16.4. The van der Waals surface area contributed by atoms with Crippen LogP contribution in [0.15, 0.2) is 146 Å². The van der Waals surface area contributed by atoms with Gasteiger partial charge in [-0.25, -0.2) is 4.57 Å². The molecule has 0 aliphatic carbocycles. The molecule has 0 aromatic rings. The van der Waals surface area contributed by atoms with E-state index in [1.54, 1.807) is 6.08 Å². The summed E-state index contributed by atoms with van der Waals surface area (Å²) in [7, 11) is -4.79. The molecule has 74 heavy (non-hydrogen) atoms. The highest BCUT2D eigenvalue weighted by Crippen LogP contribution is 2.43. The third-order valence-electron chi connectivity index (χ3n) is 10.8. The number of allylic oxidation sites excluding steroid dienone is 23. The number of esters is 3. The zero-order valence-electron chi connectivity index (χ0n) is 45.7. The van der Waals surface area contributed by atoms with Crippen molar-refractivity contribution in [2.45, 2.75) is 200 Å². The van der Waals surface area contributed by atoms with Crippen molar-refractivity contribution in [1.29, 1.82) is 0 Å². The van der Waals surface area contributed by atoms with Gasteiger partial charge in [-0.1, -0.05) is 199 Å². The van der Waals surface area contributed by atoms with Crippen molar-refractivity contribution in [1.82, 2.24) is 0 Å². The standard InChI is InChI=1S/C62H97O11P/c1-4-7-10-13-16-19-22-25-28-29-32-33-36-39-42-45-48-51-60(64)69-55-59(73-62(66)53-50-47-44-41-38-35-31-27-24-21-18-15-12-9-6-3)57-71-74(67,68)70-56-58(54-63)72-61(65)52-49-46-43-40-37-34-30-26-23-20-17-14-11-8-5-2/h7-12,16-21,25-28,30-33,38,41,47,50,58-59,63H,4-6,13-15,22-24,29,34-37,39-40,42-46,48-49,51-57H2,1-3H3,(H,67,68)/b10-7-,11-8-,12-9-,19-16-,20-17-,21-18-,28-25-,30-26-,31-27-,33-32-,41-38-,50-47-. The van der Waals surface area contributed by atoms with Crippen LogP contribution in [-0.2, 0) is 42.2 Å². The lowest BCUT2D eigenvalue weighted by molar-refractivity contribution is -0.160. The van der Waals surface area contributed by atoms with Crippen LogP contribution < -0.4 is 0 Å². The summed E-state index contributed by atoms with van der Waals surface area (Å²) in [6, 6.07) is 0. The van der Waals surface area contributed by atoms with Crippen molar-refractivity contribution in [2.24, 2.45) is 0 Å². The smallest absolute Gasteiger partial charge is 0.462 e. The molecule has 2 N–H and O–H groups in total. The number of hydrogen-bond acceptors (Lipinski definition) is 10. The number of aliphatic hydroxyl groups excluding tert-OH is 1. The van der Waals surface area contributed by atoms with E-state index in [-0.39, 0.29) is 19.3 Å². The van der Waals surface area contributed by atoms with E-state index in [1.165, 1.54) is 0 Å². The molecule has 0 fully saturated rings. The third-order valence-corrected chi connectivity index (χ3v) is 11.7. The van der Waals surface area contributed by atoms with Crippen LogP contribution in [0.25, 0.3) is 0 Å². The SMILES string of the molecule is CC/C=C\C/C=C\C/C=C\C/C=C\C/C=C\CC(=O)OC(COC(=O)CCCCCC/C=C\C/C=C\C/C=C\C/C=C\CC)COP(=O)(O)OCC(CO)OC(=O)CCCCCCC/C=C\C/C=C\C/C=C\CC. The zero-order chi connectivity index (χ0) is 54.1. The van der Waals surface area contributed by atoms with Gasteiger partial charge in [-0.05, 0) is 116 Å². The number of rotatable bonds is 49. The first-order chi connectivity index (χ1) is 36.2. The summed E-state index contributed by atoms with van der Waals surface area (Å²) in [5.41, 5.74) is 0. The minimum absolute atomic E-state index is 0.0799. The van der Waals surface area contributed by atoms with Gasteiger partial charge >= 0.3 is 25.7 Å². The Morgan fingerprint density at radius 3 is 1.12 bits per heavy atom. The zero-order valence-corrected chi connectivity index (χ0v) is 46.6. The molecule has 3 unspecified atom stereocenters. The van der Waals surface area contributed by atoms with Crippen LogP contribution in [0.5, 0.6) is 0 Å². The maximum atomic E-state index is 12.9. The summed E-state index contributed by atoms with van der Waals surface area (Å²) in [6.45, 7) is 4.11. The monoisotopic (exact) mass is 1050 g/mol. The first-order valence-electron chi connectivity index (χ1n) is 27.7. The largest absolute Gasteiger partial charge is 0.472 e. The van der Waals surface area contributed by atoms with Crippen LogP contribution in [0.4, 0.5) is 0 Å². The quantitative estimate of drug-likeness (QED) is 0.0197. The predicted molar refractivity (Wildman–Crippen MR) is 306 cm³/mol. The van der Waals surface area contributed by atoms with Gasteiger partial charge in [0.15, 0.2) is 6.10 Å². The Balaban J connectivity index is 4.91. The Hall–Kier alpha value is -4.64. The summed E-state index contributed by atoms with van der Waals surface area (Å²) in [4.78, 5) is 48.4. The van der Waals surface area contributed by atoms with Crippen molar-refractivity contribution < 1.29 is 52.2 Å². The van der Waals surface area contributed by atoms with Gasteiger partial charge in [0.2, 0.25) is 0 Å². The first kappa shape index (κ1) is 69.4. The van der Waals surface area contributed by atoms with Crippen LogP contribution in [0, 0.1) is 0 Å². The van der Waals surface area contributed by atoms with Gasteiger partial charge in [0.1, 0.15) is 12.7 Å². The number of unbranched alkanes of at least 4 members (excludes halogenated alkanes) is 9. The topological polar surface area (TPSA) is 155 Å². The summed E-state index contributed by atoms with van der Waals surface area (Å²) in [6.07, 6.45) is 69.8. The number of carbonyl (C=O) groups is 3. The Bertz CT molecular complexity index is 1800.